The van der Waals surface area contributed by atoms with Gasteiger partial charge in [0.05, 0.1) is 23.1 Å². The molecule has 0 saturated carbocycles. The fourth-order valence-corrected chi connectivity index (χ4v) is 3.88. The number of pyridine rings is 1. The van der Waals surface area contributed by atoms with Crippen molar-refractivity contribution < 1.29 is 13.6 Å². The molecule has 0 fully saturated rings. The van der Waals surface area contributed by atoms with E-state index in [4.69, 9.17) is 13.8 Å². The Balaban J connectivity index is 1.97. The first-order valence-corrected chi connectivity index (χ1v) is 8.45. The number of carbonyl (C=O) groups is 1. The molecule has 0 radical (unpaired) electrons. The fraction of sp³-hybridized carbons (Fsp3) is 0.238. The lowest BCUT2D eigenvalue weighted by Gasteiger charge is -2.30. The Labute approximate surface area is 144 Å². The normalized spacial score (nSPS) is 16.5. The Morgan fingerprint density at radius 1 is 1.04 bits per heavy atom. The first kappa shape index (κ1) is 14.5. The van der Waals surface area contributed by atoms with Gasteiger partial charge in [0.2, 0.25) is 0 Å². The molecule has 0 aliphatic heterocycles. The van der Waals surface area contributed by atoms with E-state index in [-0.39, 0.29) is 11.2 Å². The lowest BCUT2D eigenvalue weighted by Crippen LogP contribution is -2.28. The van der Waals surface area contributed by atoms with Crippen molar-refractivity contribution in [1.29, 1.82) is 0 Å². The molecular formula is C21H17NO3. The van der Waals surface area contributed by atoms with Crippen LogP contribution in [0.15, 0.2) is 51.5 Å². The van der Waals surface area contributed by atoms with Gasteiger partial charge >= 0.3 is 0 Å². The molecule has 25 heavy (non-hydrogen) atoms. The molecule has 3 aromatic heterocycles. The van der Waals surface area contributed by atoms with Gasteiger partial charge in [-0.3, -0.25) is 4.79 Å². The highest BCUT2D eigenvalue weighted by Gasteiger charge is 2.36. The van der Waals surface area contributed by atoms with E-state index in [1.807, 2.05) is 36.4 Å². The van der Waals surface area contributed by atoms with Crippen molar-refractivity contribution in [2.24, 2.45) is 5.41 Å². The van der Waals surface area contributed by atoms with Crippen LogP contribution in [0.25, 0.3) is 33.4 Å². The van der Waals surface area contributed by atoms with E-state index in [9.17, 15) is 4.79 Å². The molecule has 124 valence electrons. The number of hydrogen-bond donors (Lipinski definition) is 0. The molecule has 0 atom stereocenters. The number of carbonyl (C=O) groups excluding carboxylic acids is 1. The quantitative estimate of drug-likeness (QED) is 0.469. The number of para-hydroxylation sites is 1. The summed E-state index contributed by atoms with van der Waals surface area (Å²) in [6.45, 7) is 4.22. The molecule has 0 saturated heterocycles. The number of hydrogen-bond acceptors (Lipinski definition) is 4. The number of Topliss-reactive ketones (excluding diaryl/α,β-unsaturated/α-hetero) is 1. The summed E-state index contributed by atoms with van der Waals surface area (Å²) in [4.78, 5) is 17.8. The first-order chi connectivity index (χ1) is 12.0. The molecule has 0 unspecified atom stereocenters. The summed E-state index contributed by atoms with van der Waals surface area (Å²) in [5.74, 6) is 0.753. The Kier molecular flexibility index (Phi) is 2.79. The molecule has 5 rings (SSSR count). The molecule has 0 N–H and O–H groups in total. The van der Waals surface area contributed by atoms with Crippen LogP contribution in [0, 0.1) is 5.41 Å². The second-order valence-corrected chi connectivity index (χ2v) is 7.50. The molecule has 1 aromatic carbocycles. The van der Waals surface area contributed by atoms with Crippen molar-refractivity contribution in [2.75, 3.05) is 0 Å². The van der Waals surface area contributed by atoms with Gasteiger partial charge in [-0.05, 0) is 36.1 Å². The second kappa shape index (κ2) is 4.82. The van der Waals surface area contributed by atoms with Crippen molar-refractivity contribution in [3.05, 3.63) is 53.9 Å². The minimum atomic E-state index is -0.0925. The summed E-state index contributed by atoms with van der Waals surface area (Å²) in [6.07, 6.45) is 2.88. The third-order valence-corrected chi connectivity index (χ3v) is 4.91. The van der Waals surface area contributed by atoms with Crippen molar-refractivity contribution in [3.8, 4) is 11.3 Å². The predicted octanol–water partition coefficient (Wildman–Crippen LogP) is 5.40. The molecule has 0 bridgehead atoms. The van der Waals surface area contributed by atoms with E-state index in [2.05, 4.69) is 13.8 Å². The van der Waals surface area contributed by atoms with Crippen LogP contribution >= 0.6 is 0 Å². The average Bonchev–Trinajstić information content (AvgIpc) is 3.19. The summed E-state index contributed by atoms with van der Waals surface area (Å²) in [6, 6.07) is 11.5. The fourth-order valence-electron chi connectivity index (χ4n) is 3.88. The molecule has 0 spiro atoms. The first-order valence-electron chi connectivity index (χ1n) is 8.45. The van der Waals surface area contributed by atoms with Crippen LogP contribution in [0.1, 0.15) is 36.3 Å². The topological polar surface area (TPSA) is 56.2 Å². The third-order valence-electron chi connectivity index (χ3n) is 4.91. The Bertz CT molecular complexity index is 1130. The summed E-state index contributed by atoms with van der Waals surface area (Å²) < 4.78 is 11.7. The summed E-state index contributed by atoms with van der Waals surface area (Å²) in [5, 5.41) is 0.962. The Hall–Kier alpha value is -2.88. The van der Waals surface area contributed by atoms with Crippen LogP contribution in [0.4, 0.5) is 0 Å². The van der Waals surface area contributed by atoms with Crippen molar-refractivity contribution in [3.63, 3.8) is 0 Å². The van der Waals surface area contributed by atoms with Gasteiger partial charge in [0.15, 0.2) is 11.4 Å². The zero-order chi connectivity index (χ0) is 17.2. The van der Waals surface area contributed by atoms with Gasteiger partial charge in [0.25, 0.3) is 0 Å². The van der Waals surface area contributed by atoms with Gasteiger partial charge in [-0.2, -0.15) is 0 Å². The van der Waals surface area contributed by atoms with E-state index < -0.39 is 0 Å². The lowest BCUT2D eigenvalue weighted by atomic mass is 9.74. The highest BCUT2D eigenvalue weighted by Crippen LogP contribution is 2.43. The third kappa shape index (κ3) is 2.07. The summed E-state index contributed by atoms with van der Waals surface area (Å²) in [7, 11) is 0. The van der Waals surface area contributed by atoms with Crippen LogP contribution in [0.2, 0.25) is 0 Å². The summed E-state index contributed by atoms with van der Waals surface area (Å²) >= 11 is 0. The predicted molar refractivity (Wildman–Crippen MR) is 95.6 cm³/mol. The van der Waals surface area contributed by atoms with E-state index in [0.29, 0.717) is 23.3 Å². The van der Waals surface area contributed by atoms with E-state index >= 15 is 0 Å². The summed E-state index contributed by atoms with van der Waals surface area (Å²) in [5.41, 5.74) is 4.33. The number of fused-ring (bicyclic) bond motifs is 4. The SMILES string of the molecule is CC1(C)CC(=O)c2c(nc3c(oc4ccccc43)c2-c2ccco2)C1. The van der Waals surface area contributed by atoms with Crippen LogP contribution in [0.3, 0.4) is 0 Å². The van der Waals surface area contributed by atoms with Crippen LogP contribution < -0.4 is 0 Å². The maximum atomic E-state index is 13.0. The standard InChI is InChI=1S/C21H17NO3/c1-21(2)10-13-17(14(23)11-21)18(16-8-5-9-24-16)20-19(22-13)12-6-3-4-7-15(12)25-20/h3-9H,10-11H2,1-2H3. The second-order valence-electron chi connectivity index (χ2n) is 7.50. The van der Waals surface area contributed by atoms with Gasteiger partial charge in [-0.1, -0.05) is 26.0 Å². The molecule has 4 nitrogen and oxygen atoms in total. The van der Waals surface area contributed by atoms with Crippen LogP contribution in [0.5, 0.6) is 0 Å². The Morgan fingerprint density at radius 2 is 1.88 bits per heavy atom. The van der Waals surface area contributed by atoms with Crippen molar-refractivity contribution >= 4 is 27.9 Å². The number of furan rings is 2. The van der Waals surface area contributed by atoms with Crippen LogP contribution in [-0.4, -0.2) is 10.8 Å². The van der Waals surface area contributed by atoms with E-state index in [1.54, 1.807) is 6.26 Å². The monoisotopic (exact) mass is 331 g/mol. The average molecular weight is 331 g/mol. The van der Waals surface area contributed by atoms with Crippen molar-refractivity contribution in [1.82, 2.24) is 4.98 Å². The van der Waals surface area contributed by atoms with E-state index in [0.717, 1.165) is 34.2 Å². The van der Waals surface area contributed by atoms with Gasteiger partial charge in [0.1, 0.15) is 16.9 Å². The number of nitrogens with zero attached hydrogens (tertiary/aromatic N) is 1. The molecule has 4 heteroatoms. The number of benzene rings is 1. The minimum Gasteiger partial charge on any atom is -0.464 e. The van der Waals surface area contributed by atoms with Gasteiger partial charge < -0.3 is 8.83 Å². The largest absolute Gasteiger partial charge is 0.464 e. The molecule has 1 aliphatic rings. The van der Waals surface area contributed by atoms with Gasteiger partial charge in [-0.15, -0.1) is 0 Å². The highest BCUT2D eigenvalue weighted by atomic mass is 16.3. The zero-order valence-electron chi connectivity index (χ0n) is 14.1. The Morgan fingerprint density at radius 3 is 2.68 bits per heavy atom. The number of ketones is 1. The van der Waals surface area contributed by atoms with Gasteiger partial charge in [0, 0.05) is 11.8 Å². The minimum absolute atomic E-state index is 0.0925. The van der Waals surface area contributed by atoms with Crippen LogP contribution in [-0.2, 0) is 6.42 Å². The zero-order valence-corrected chi connectivity index (χ0v) is 14.1. The number of rotatable bonds is 1. The molecule has 1 aliphatic carbocycles. The lowest BCUT2D eigenvalue weighted by molar-refractivity contribution is 0.0911. The maximum Gasteiger partial charge on any atom is 0.166 e. The molecule has 0 amide bonds. The highest BCUT2D eigenvalue weighted by molar-refractivity contribution is 6.14. The smallest absolute Gasteiger partial charge is 0.166 e. The van der Waals surface area contributed by atoms with Gasteiger partial charge in [-0.25, -0.2) is 4.98 Å². The van der Waals surface area contributed by atoms with Crippen molar-refractivity contribution in [2.45, 2.75) is 26.7 Å². The number of aromatic nitrogens is 1. The molecule has 3 heterocycles. The molecule has 4 aromatic rings. The van der Waals surface area contributed by atoms with E-state index in [1.165, 1.54) is 0 Å². The molecular weight excluding hydrogens is 314 g/mol. The maximum absolute atomic E-state index is 13.0.